The predicted octanol–water partition coefficient (Wildman–Crippen LogP) is 4.36. The van der Waals surface area contributed by atoms with E-state index >= 15 is 0 Å². The summed E-state index contributed by atoms with van der Waals surface area (Å²) in [7, 11) is 0. The van der Waals surface area contributed by atoms with Crippen molar-refractivity contribution in [1.82, 2.24) is 5.32 Å². The van der Waals surface area contributed by atoms with E-state index in [1.165, 1.54) is 12.1 Å². The Hall–Kier alpha value is -1.87. The van der Waals surface area contributed by atoms with Crippen LogP contribution in [0.1, 0.15) is 35.3 Å². The van der Waals surface area contributed by atoms with Crippen molar-refractivity contribution in [3.63, 3.8) is 0 Å². The van der Waals surface area contributed by atoms with Crippen LogP contribution in [0, 0.1) is 5.82 Å². The molecule has 0 aliphatic rings. The van der Waals surface area contributed by atoms with Gasteiger partial charge in [0.2, 0.25) is 0 Å². The van der Waals surface area contributed by atoms with Crippen molar-refractivity contribution < 1.29 is 9.18 Å². The summed E-state index contributed by atoms with van der Waals surface area (Å²) in [6, 6.07) is 13.5. The van der Waals surface area contributed by atoms with Crippen molar-refractivity contribution in [2.75, 3.05) is 0 Å². The van der Waals surface area contributed by atoms with E-state index in [2.05, 4.69) is 5.32 Å². The van der Waals surface area contributed by atoms with Gasteiger partial charge in [-0.15, -0.1) is 0 Å². The van der Waals surface area contributed by atoms with E-state index in [-0.39, 0.29) is 16.6 Å². The van der Waals surface area contributed by atoms with Crippen LogP contribution in [0.4, 0.5) is 4.39 Å². The lowest BCUT2D eigenvalue weighted by Crippen LogP contribution is -2.28. The average Bonchev–Trinajstić information content (AvgIpc) is 2.45. The zero-order valence-electron chi connectivity index (χ0n) is 11.1. The molecule has 0 aliphatic carbocycles. The highest BCUT2D eigenvalue weighted by Crippen LogP contribution is 2.19. The number of amides is 1. The van der Waals surface area contributed by atoms with Gasteiger partial charge in [-0.1, -0.05) is 48.9 Å². The summed E-state index contributed by atoms with van der Waals surface area (Å²) in [4.78, 5) is 12.1. The molecule has 104 valence electrons. The summed E-state index contributed by atoms with van der Waals surface area (Å²) < 4.78 is 13.7. The molecule has 20 heavy (non-hydrogen) atoms. The average molecular weight is 292 g/mol. The summed E-state index contributed by atoms with van der Waals surface area (Å²) >= 11 is 5.68. The number of carbonyl (C=O) groups is 1. The minimum Gasteiger partial charge on any atom is -0.345 e. The van der Waals surface area contributed by atoms with E-state index in [9.17, 15) is 9.18 Å². The summed E-state index contributed by atoms with van der Waals surface area (Å²) in [5, 5.41) is 3.11. The maximum absolute atomic E-state index is 13.7. The van der Waals surface area contributed by atoms with Gasteiger partial charge in [-0.25, -0.2) is 4.39 Å². The molecule has 0 fully saturated rings. The summed E-state index contributed by atoms with van der Waals surface area (Å²) in [5.74, 6) is -1.05. The Morgan fingerprint density at radius 3 is 2.55 bits per heavy atom. The van der Waals surface area contributed by atoms with Gasteiger partial charge >= 0.3 is 0 Å². The molecule has 1 N–H and O–H groups in total. The van der Waals surface area contributed by atoms with Gasteiger partial charge in [0.1, 0.15) is 5.82 Å². The molecule has 0 radical (unpaired) electrons. The molecule has 1 atom stereocenters. The van der Waals surface area contributed by atoms with E-state index in [0.29, 0.717) is 0 Å². The highest BCUT2D eigenvalue weighted by molar-refractivity contribution is 6.30. The first kappa shape index (κ1) is 14.5. The molecule has 0 aromatic heterocycles. The van der Waals surface area contributed by atoms with Crippen LogP contribution < -0.4 is 5.32 Å². The maximum atomic E-state index is 13.7. The van der Waals surface area contributed by atoms with Crippen LogP contribution in [0.15, 0.2) is 48.5 Å². The second-order valence-electron chi connectivity index (χ2n) is 4.47. The third kappa shape index (κ3) is 3.36. The number of hydrogen-bond acceptors (Lipinski definition) is 1. The topological polar surface area (TPSA) is 29.1 Å². The molecular weight excluding hydrogens is 277 g/mol. The third-order valence-corrected chi connectivity index (χ3v) is 3.33. The van der Waals surface area contributed by atoms with Gasteiger partial charge in [-0.05, 0) is 30.2 Å². The first-order valence-electron chi connectivity index (χ1n) is 6.42. The van der Waals surface area contributed by atoms with Gasteiger partial charge in [0.15, 0.2) is 0 Å². The van der Waals surface area contributed by atoms with Crippen LogP contribution in [0.5, 0.6) is 0 Å². The molecule has 2 rings (SSSR count). The highest BCUT2D eigenvalue weighted by atomic mass is 35.5. The molecule has 0 heterocycles. The monoisotopic (exact) mass is 291 g/mol. The molecule has 2 aromatic carbocycles. The van der Waals surface area contributed by atoms with Gasteiger partial charge in [0.25, 0.3) is 5.91 Å². The molecule has 2 nitrogen and oxygen atoms in total. The van der Waals surface area contributed by atoms with Crippen LogP contribution >= 0.6 is 11.6 Å². The van der Waals surface area contributed by atoms with E-state index in [1.54, 1.807) is 0 Å². The lowest BCUT2D eigenvalue weighted by Gasteiger charge is -2.17. The first-order valence-corrected chi connectivity index (χ1v) is 6.80. The predicted molar refractivity (Wildman–Crippen MR) is 78.4 cm³/mol. The highest BCUT2D eigenvalue weighted by Gasteiger charge is 2.16. The van der Waals surface area contributed by atoms with E-state index in [0.717, 1.165) is 18.1 Å². The number of nitrogens with one attached hydrogen (secondary N) is 1. The molecule has 0 bridgehead atoms. The van der Waals surface area contributed by atoms with Gasteiger partial charge < -0.3 is 5.32 Å². The Labute approximate surface area is 122 Å². The Kier molecular flexibility index (Phi) is 4.74. The minimum atomic E-state index is -0.613. The summed E-state index contributed by atoms with van der Waals surface area (Å²) in [5.41, 5.74) is 1.00. The molecule has 0 aliphatic heterocycles. The quantitative estimate of drug-likeness (QED) is 0.891. The fourth-order valence-electron chi connectivity index (χ4n) is 2.02. The number of hydrogen-bond donors (Lipinski definition) is 1. The van der Waals surface area contributed by atoms with Crippen molar-refractivity contribution in [3.8, 4) is 0 Å². The van der Waals surface area contributed by atoms with Crippen molar-refractivity contribution >= 4 is 17.5 Å². The standard InChI is InChI=1S/C16H15ClFNO/c1-2-15(11-6-4-3-5-7-11)19-16(20)13-9-8-12(17)10-14(13)18/h3-10,15H,2H2,1H3,(H,19,20)/t15-/m1/s1. The van der Waals surface area contributed by atoms with E-state index in [1.807, 2.05) is 37.3 Å². The second-order valence-corrected chi connectivity index (χ2v) is 4.91. The molecule has 0 saturated heterocycles. The van der Waals surface area contributed by atoms with Gasteiger partial charge in [-0.3, -0.25) is 4.79 Å². The van der Waals surface area contributed by atoms with Gasteiger partial charge in [-0.2, -0.15) is 0 Å². The van der Waals surface area contributed by atoms with E-state index in [4.69, 9.17) is 11.6 Å². The molecule has 4 heteroatoms. The Bertz CT molecular complexity index is 601. The largest absolute Gasteiger partial charge is 0.345 e. The Morgan fingerprint density at radius 2 is 1.95 bits per heavy atom. The number of carbonyl (C=O) groups excluding carboxylic acids is 1. The molecular formula is C16H15ClFNO. The normalized spacial score (nSPS) is 11.9. The zero-order chi connectivity index (χ0) is 14.5. The number of halogens is 2. The smallest absolute Gasteiger partial charge is 0.254 e. The molecule has 0 unspecified atom stereocenters. The summed E-state index contributed by atoms with van der Waals surface area (Å²) in [6.45, 7) is 1.97. The van der Waals surface area contributed by atoms with Crippen LogP contribution in [0.2, 0.25) is 5.02 Å². The Morgan fingerprint density at radius 1 is 1.25 bits per heavy atom. The molecule has 2 aromatic rings. The first-order chi connectivity index (χ1) is 9.61. The van der Waals surface area contributed by atoms with Crippen LogP contribution in [-0.2, 0) is 0 Å². The van der Waals surface area contributed by atoms with Crippen LogP contribution in [0.3, 0.4) is 0 Å². The minimum absolute atomic E-state index is 0.00350. The second kappa shape index (κ2) is 6.53. The molecule has 0 spiro atoms. The Balaban J connectivity index is 2.17. The fourth-order valence-corrected chi connectivity index (χ4v) is 2.17. The zero-order valence-corrected chi connectivity index (χ0v) is 11.8. The number of benzene rings is 2. The fraction of sp³-hybridized carbons (Fsp3) is 0.188. The van der Waals surface area contributed by atoms with Gasteiger partial charge in [0.05, 0.1) is 11.6 Å². The lowest BCUT2D eigenvalue weighted by atomic mass is 10.0. The lowest BCUT2D eigenvalue weighted by molar-refractivity contribution is 0.0931. The SMILES string of the molecule is CC[C@@H](NC(=O)c1ccc(Cl)cc1F)c1ccccc1. The van der Waals surface area contributed by atoms with E-state index < -0.39 is 11.7 Å². The molecule has 0 saturated carbocycles. The van der Waals surface area contributed by atoms with Crippen molar-refractivity contribution in [2.45, 2.75) is 19.4 Å². The van der Waals surface area contributed by atoms with Crippen LogP contribution in [0.25, 0.3) is 0 Å². The summed E-state index contributed by atoms with van der Waals surface area (Å²) in [6.07, 6.45) is 0.727. The van der Waals surface area contributed by atoms with Crippen molar-refractivity contribution in [2.24, 2.45) is 0 Å². The number of rotatable bonds is 4. The maximum Gasteiger partial charge on any atom is 0.254 e. The van der Waals surface area contributed by atoms with Crippen LogP contribution in [-0.4, -0.2) is 5.91 Å². The van der Waals surface area contributed by atoms with Crippen molar-refractivity contribution in [3.05, 3.63) is 70.5 Å². The van der Waals surface area contributed by atoms with Crippen molar-refractivity contribution in [1.29, 1.82) is 0 Å². The van der Waals surface area contributed by atoms with Gasteiger partial charge in [0, 0.05) is 5.02 Å². The third-order valence-electron chi connectivity index (χ3n) is 3.09. The molecule has 1 amide bonds.